The number of hydrogen-bond acceptors (Lipinski definition) is 4. The van der Waals surface area contributed by atoms with E-state index in [0.717, 1.165) is 11.3 Å². The maximum absolute atomic E-state index is 11.9. The molecule has 1 rings (SSSR count). The van der Waals surface area contributed by atoms with Crippen molar-refractivity contribution < 1.29 is 8.42 Å². The van der Waals surface area contributed by atoms with Crippen LogP contribution in [0.3, 0.4) is 0 Å². The molecule has 0 spiro atoms. The number of aromatic nitrogens is 1. The molecule has 0 radical (unpaired) electrons. The molecule has 108 valence electrons. The standard InChI is InChI=1S/C13H23N3O2S/c1-10(2)14-6-5-7-19(17,18)16-13-9-11(3)8-12(4)15-13/h8-10,14H,5-7H2,1-4H3,(H,15,16). The molecular weight excluding hydrogens is 262 g/mol. The van der Waals surface area contributed by atoms with Crippen LogP contribution in [0.25, 0.3) is 0 Å². The van der Waals surface area contributed by atoms with E-state index in [9.17, 15) is 8.42 Å². The minimum atomic E-state index is -3.32. The van der Waals surface area contributed by atoms with Crippen LogP contribution >= 0.6 is 0 Å². The van der Waals surface area contributed by atoms with Gasteiger partial charge in [-0.2, -0.15) is 0 Å². The average molecular weight is 285 g/mol. The quantitative estimate of drug-likeness (QED) is 0.750. The largest absolute Gasteiger partial charge is 0.314 e. The molecule has 1 heterocycles. The SMILES string of the molecule is Cc1cc(C)nc(NS(=O)(=O)CCCNC(C)C)c1. The molecule has 0 aromatic carbocycles. The maximum atomic E-state index is 11.9. The summed E-state index contributed by atoms with van der Waals surface area (Å²) in [6.07, 6.45) is 0.582. The minimum absolute atomic E-state index is 0.0986. The van der Waals surface area contributed by atoms with Crippen LogP contribution in [-0.2, 0) is 10.0 Å². The van der Waals surface area contributed by atoms with Crippen LogP contribution < -0.4 is 10.0 Å². The summed E-state index contributed by atoms with van der Waals surface area (Å²) in [4.78, 5) is 4.17. The summed E-state index contributed by atoms with van der Waals surface area (Å²) in [5.41, 5.74) is 1.80. The molecule has 1 aromatic rings. The van der Waals surface area contributed by atoms with Crippen LogP contribution in [0.2, 0.25) is 0 Å². The third kappa shape index (κ3) is 6.54. The predicted octanol–water partition coefficient (Wildman–Crippen LogP) is 1.83. The van der Waals surface area contributed by atoms with Crippen molar-refractivity contribution in [3.63, 3.8) is 0 Å². The Morgan fingerprint density at radius 2 is 1.95 bits per heavy atom. The van der Waals surface area contributed by atoms with Gasteiger partial charge in [-0.3, -0.25) is 4.72 Å². The molecule has 0 atom stereocenters. The Morgan fingerprint density at radius 1 is 1.26 bits per heavy atom. The van der Waals surface area contributed by atoms with Crippen LogP contribution in [0.5, 0.6) is 0 Å². The Kier molecular flexibility index (Phi) is 5.75. The zero-order valence-electron chi connectivity index (χ0n) is 12.0. The van der Waals surface area contributed by atoms with Gasteiger partial charge in [0.15, 0.2) is 0 Å². The molecule has 0 aliphatic rings. The van der Waals surface area contributed by atoms with Crippen LogP contribution in [-0.4, -0.2) is 31.7 Å². The normalized spacial score (nSPS) is 11.8. The lowest BCUT2D eigenvalue weighted by Crippen LogP contribution is -2.26. The zero-order valence-corrected chi connectivity index (χ0v) is 12.8. The lowest BCUT2D eigenvalue weighted by Gasteiger charge is -2.10. The maximum Gasteiger partial charge on any atom is 0.233 e. The smallest absolute Gasteiger partial charge is 0.233 e. The fraction of sp³-hybridized carbons (Fsp3) is 0.615. The molecule has 0 unspecified atom stereocenters. The van der Waals surface area contributed by atoms with Crippen molar-refractivity contribution >= 4 is 15.8 Å². The van der Waals surface area contributed by atoms with Gasteiger partial charge in [-0.05, 0) is 44.5 Å². The molecule has 5 nitrogen and oxygen atoms in total. The van der Waals surface area contributed by atoms with E-state index in [1.54, 1.807) is 6.07 Å². The summed E-state index contributed by atoms with van der Waals surface area (Å²) in [5, 5.41) is 3.19. The van der Waals surface area contributed by atoms with Crippen molar-refractivity contribution in [3.8, 4) is 0 Å². The van der Waals surface area contributed by atoms with E-state index in [1.165, 1.54) is 0 Å². The Labute approximate surface area is 115 Å². The molecule has 0 aliphatic carbocycles. The third-order valence-corrected chi connectivity index (χ3v) is 3.85. The highest BCUT2D eigenvalue weighted by atomic mass is 32.2. The van der Waals surface area contributed by atoms with Gasteiger partial charge in [-0.15, -0.1) is 0 Å². The Hall–Kier alpha value is -1.14. The van der Waals surface area contributed by atoms with E-state index in [0.29, 0.717) is 24.8 Å². The van der Waals surface area contributed by atoms with E-state index >= 15 is 0 Å². The lowest BCUT2D eigenvalue weighted by molar-refractivity contribution is 0.571. The lowest BCUT2D eigenvalue weighted by atomic mass is 10.2. The van der Waals surface area contributed by atoms with Gasteiger partial charge >= 0.3 is 0 Å². The number of rotatable bonds is 7. The van der Waals surface area contributed by atoms with Gasteiger partial charge in [0.05, 0.1) is 5.75 Å². The molecule has 6 heteroatoms. The Morgan fingerprint density at radius 3 is 2.53 bits per heavy atom. The number of nitrogens with one attached hydrogen (secondary N) is 2. The first kappa shape index (κ1) is 15.9. The third-order valence-electron chi connectivity index (χ3n) is 2.50. The zero-order chi connectivity index (χ0) is 14.5. The molecule has 0 saturated carbocycles. The van der Waals surface area contributed by atoms with E-state index < -0.39 is 10.0 Å². The fourth-order valence-corrected chi connectivity index (χ4v) is 2.81. The first-order chi connectivity index (χ1) is 8.78. The fourth-order valence-electron chi connectivity index (χ4n) is 1.76. The highest BCUT2D eigenvalue weighted by Gasteiger charge is 2.11. The first-order valence-corrected chi connectivity index (χ1v) is 8.13. The van der Waals surface area contributed by atoms with Crippen LogP contribution in [0.15, 0.2) is 12.1 Å². The second-order valence-electron chi connectivity index (χ2n) is 5.05. The van der Waals surface area contributed by atoms with Crippen molar-refractivity contribution in [1.29, 1.82) is 0 Å². The summed E-state index contributed by atoms with van der Waals surface area (Å²) >= 11 is 0. The van der Waals surface area contributed by atoms with Crippen molar-refractivity contribution in [2.24, 2.45) is 0 Å². The summed E-state index contributed by atoms with van der Waals surface area (Å²) in [7, 11) is -3.32. The highest BCUT2D eigenvalue weighted by Crippen LogP contribution is 2.11. The van der Waals surface area contributed by atoms with Gasteiger partial charge < -0.3 is 5.32 Å². The van der Waals surface area contributed by atoms with E-state index in [-0.39, 0.29) is 5.75 Å². The van der Waals surface area contributed by atoms with Crippen LogP contribution in [0.1, 0.15) is 31.5 Å². The molecule has 0 saturated heterocycles. The number of pyridine rings is 1. The number of nitrogens with zero attached hydrogens (tertiary/aromatic N) is 1. The van der Waals surface area contributed by atoms with E-state index in [4.69, 9.17) is 0 Å². The molecule has 1 aromatic heterocycles. The average Bonchev–Trinajstić information content (AvgIpc) is 2.22. The van der Waals surface area contributed by atoms with Crippen molar-refractivity contribution in [3.05, 3.63) is 23.4 Å². The van der Waals surface area contributed by atoms with Gasteiger partial charge in [0, 0.05) is 11.7 Å². The van der Waals surface area contributed by atoms with E-state index in [2.05, 4.69) is 15.0 Å². The monoisotopic (exact) mass is 285 g/mol. The number of anilines is 1. The van der Waals surface area contributed by atoms with E-state index in [1.807, 2.05) is 33.8 Å². The van der Waals surface area contributed by atoms with Crippen LogP contribution in [0.4, 0.5) is 5.82 Å². The summed E-state index contributed by atoms with van der Waals surface area (Å²) < 4.78 is 26.3. The summed E-state index contributed by atoms with van der Waals surface area (Å²) in [5.74, 6) is 0.496. The topological polar surface area (TPSA) is 71.1 Å². The van der Waals surface area contributed by atoms with Gasteiger partial charge in [-0.25, -0.2) is 13.4 Å². The van der Waals surface area contributed by atoms with Gasteiger partial charge in [0.2, 0.25) is 10.0 Å². The predicted molar refractivity (Wildman–Crippen MR) is 78.9 cm³/mol. The summed E-state index contributed by atoms with van der Waals surface area (Å²) in [6, 6.07) is 4.01. The first-order valence-electron chi connectivity index (χ1n) is 6.47. The number of sulfonamides is 1. The summed E-state index contributed by atoms with van der Waals surface area (Å²) in [6.45, 7) is 8.52. The second kappa shape index (κ2) is 6.86. The van der Waals surface area contributed by atoms with Gasteiger partial charge in [0.1, 0.15) is 5.82 Å². The van der Waals surface area contributed by atoms with Gasteiger partial charge in [-0.1, -0.05) is 13.8 Å². The molecule has 0 bridgehead atoms. The van der Waals surface area contributed by atoms with Crippen molar-refractivity contribution in [2.45, 2.75) is 40.2 Å². The Balaban J connectivity index is 2.54. The minimum Gasteiger partial charge on any atom is -0.314 e. The molecular formula is C13H23N3O2S. The highest BCUT2D eigenvalue weighted by molar-refractivity contribution is 7.92. The molecule has 0 fully saturated rings. The van der Waals surface area contributed by atoms with Crippen LogP contribution in [0, 0.1) is 13.8 Å². The van der Waals surface area contributed by atoms with Crippen molar-refractivity contribution in [1.82, 2.24) is 10.3 Å². The molecule has 0 amide bonds. The van der Waals surface area contributed by atoms with Crippen molar-refractivity contribution in [2.75, 3.05) is 17.0 Å². The molecule has 2 N–H and O–H groups in total. The second-order valence-corrected chi connectivity index (χ2v) is 6.90. The molecule has 0 aliphatic heterocycles. The Bertz CT molecular complexity index is 492. The molecule has 19 heavy (non-hydrogen) atoms. The number of aryl methyl sites for hydroxylation is 2. The number of hydrogen-bond donors (Lipinski definition) is 2. The van der Waals surface area contributed by atoms with Gasteiger partial charge in [0.25, 0.3) is 0 Å².